The second-order valence-electron chi connectivity index (χ2n) is 5.38. The number of likely N-dealkylation sites (N-methyl/N-ethyl adjacent to an activating group) is 1. The van der Waals surface area contributed by atoms with Crippen molar-refractivity contribution in [3.05, 3.63) is 28.2 Å². The smallest absolute Gasteiger partial charge is 0.0446 e. The first-order valence-electron chi connectivity index (χ1n) is 6.94. The Labute approximate surface area is 124 Å². The average molecular weight is 327 g/mol. The minimum Gasteiger partial charge on any atom is -0.396 e. The Balaban J connectivity index is 2.18. The molecule has 1 aromatic rings. The summed E-state index contributed by atoms with van der Waals surface area (Å²) < 4.78 is 1.13. The molecule has 1 unspecified atom stereocenters. The number of anilines is 1. The fraction of sp³-hybridized carbons (Fsp3) is 0.600. The van der Waals surface area contributed by atoms with Crippen molar-refractivity contribution in [3.8, 4) is 0 Å². The van der Waals surface area contributed by atoms with Crippen LogP contribution in [0.5, 0.6) is 0 Å². The summed E-state index contributed by atoms with van der Waals surface area (Å²) in [6.45, 7) is 5.63. The summed E-state index contributed by atoms with van der Waals surface area (Å²) in [6.07, 6.45) is 2.02. The van der Waals surface area contributed by atoms with E-state index in [9.17, 15) is 5.11 Å². The molecule has 1 aliphatic heterocycles. The molecule has 2 rings (SSSR count). The molecule has 106 valence electrons. The normalized spacial score (nSPS) is 21.5. The molecule has 1 aliphatic rings. The third-order valence-electron chi connectivity index (χ3n) is 3.96. The highest BCUT2D eigenvalue weighted by molar-refractivity contribution is 9.10. The van der Waals surface area contributed by atoms with E-state index in [4.69, 9.17) is 0 Å². The largest absolute Gasteiger partial charge is 0.396 e. The average Bonchev–Trinajstić information content (AvgIpc) is 2.53. The maximum absolute atomic E-state index is 9.22. The first-order valence-corrected chi connectivity index (χ1v) is 7.73. The number of halogens is 1. The lowest BCUT2D eigenvalue weighted by atomic mass is 10.1. The van der Waals surface area contributed by atoms with Gasteiger partial charge in [-0.2, -0.15) is 0 Å². The molecule has 0 aliphatic carbocycles. The number of benzene rings is 1. The Morgan fingerprint density at radius 1 is 1.37 bits per heavy atom. The van der Waals surface area contributed by atoms with Crippen LogP contribution in [0, 0.1) is 6.92 Å². The molecule has 1 fully saturated rings. The molecule has 0 bridgehead atoms. The predicted octanol–water partition coefficient (Wildman–Crippen LogP) is 2.65. The Bertz CT molecular complexity index is 425. The molecular weight excluding hydrogens is 304 g/mol. The number of aliphatic hydroxyl groups is 1. The summed E-state index contributed by atoms with van der Waals surface area (Å²) in [5.41, 5.74) is 2.63. The van der Waals surface area contributed by atoms with Gasteiger partial charge in [-0.25, -0.2) is 0 Å². The van der Waals surface area contributed by atoms with Crippen LogP contribution >= 0.6 is 15.9 Å². The number of rotatable bonds is 3. The van der Waals surface area contributed by atoms with Crippen LogP contribution in [-0.2, 0) is 0 Å². The molecule has 19 heavy (non-hydrogen) atoms. The van der Waals surface area contributed by atoms with Gasteiger partial charge >= 0.3 is 0 Å². The van der Waals surface area contributed by atoms with E-state index >= 15 is 0 Å². The minimum atomic E-state index is 0.266. The molecule has 1 N–H and O–H groups in total. The number of aryl methyl sites for hydroxylation is 1. The van der Waals surface area contributed by atoms with E-state index < -0.39 is 0 Å². The summed E-state index contributed by atoms with van der Waals surface area (Å²) in [4.78, 5) is 4.84. The monoisotopic (exact) mass is 326 g/mol. The van der Waals surface area contributed by atoms with E-state index in [1.54, 1.807) is 0 Å². The van der Waals surface area contributed by atoms with Gasteiger partial charge in [0.1, 0.15) is 0 Å². The lowest BCUT2D eigenvalue weighted by Crippen LogP contribution is -2.39. The topological polar surface area (TPSA) is 26.7 Å². The van der Waals surface area contributed by atoms with Crippen LogP contribution in [0.4, 0.5) is 5.69 Å². The summed E-state index contributed by atoms with van der Waals surface area (Å²) in [5, 5.41) is 9.22. The summed E-state index contributed by atoms with van der Waals surface area (Å²) >= 11 is 3.52. The SMILES string of the molecule is Cc1cc(Br)ccc1N1CCCN(C)C(CCO)C1. The van der Waals surface area contributed by atoms with Crippen LogP contribution in [0.1, 0.15) is 18.4 Å². The molecule has 0 radical (unpaired) electrons. The quantitative estimate of drug-likeness (QED) is 0.925. The van der Waals surface area contributed by atoms with E-state index in [1.165, 1.54) is 17.7 Å². The first kappa shape index (κ1) is 14.8. The predicted molar refractivity (Wildman–Crippen MR) is 83.8 cm³/mol. The second-order valence-corrected chi connectivity index (χ2v) is 6.29. The zero-order valence-corrected chi connectivity index (χ0v) is 13.4. The number of aliphatic hydroxyl groups excluding tert-OH is 1. The molecular formula is C15H23BrN2O. The van der Waals surface area contributed by atoms with Gasteiger partial charge in [0, 0.05) is 35.9 Å². The molecule has 0 spiro atoms. The van der Waals surface area contributed by atoms with Gasteiger partial charge in [-0.15, -0.1) is 0 Å². The van der Waals surface area contributed by atoms with Gasteiger partial charge in [0.25, 0.3) is 0 Å². The van der Waals surface area contributed by atoms with Gasteiger partial charge < -0.3 is 14.9 Å². The van der Waals surface area contributed by atoms with E-state index in [1.807, 2.05) is 0 Å². The van der Waals surface area contributed by atoms with Gasteiger partial charge in [-0.05, 0) is 57.1 Å². The molecule has 1 atom stereocenters. The van der Waals surface area contributed by atoms with Crippen molar-refractivity contribution < 1.29 is 5.11 Å². The van der Waals surface area contributed by atoms with Gasteiger partial charge in [0.15, 0.2) is 0 Å². The molecule has 1 saturated heterocycles. The van der Waals surface area contributed by atoms with Gasteiger partial charge in [-0.3, -0.25) is 0 Å². The van der Waals surface area contributed by atoms with Crippen LogP contribution in [0.3, 0.4) is 0 Å². The second kappa shape index (κ2) is 6.73. The van der Waals surface area contributed by atoms with Crippen LogP contribution in [0.2, 0.25) is 0 Å². The van der Waals surface area contributed by atoms with Crippen molar-refractivity contribution in [1.82, 2.24) is 4.90 Å². The number of hydrogen-bond acceptors (Lipinski definition) is 3. The van der Waals surface area contributed by atoms with E-state index in [0.29, 0.717) is 6.04 Å². The summed E-state index contributed by atoms with van der Waals surface area (Å²) in [7, 11) is 2.16. The molecule has 0 saturated carbocycles. The van der Waals surface area contributed by atoms with Crippen molar-refractivity contribution in [1.29, 1.82) is 0 Å². The van der Waals surface area contributed by atoms with Crippen molar-refractivity contribution in [2.75, 3.05) is 38.2 Å². The fourth-order valence-corrected chi connectivity index (χ4v) is 3.31. The Hall–Kier alpha value is -0.580. The number of nitrogens with zero attached hydrogens (tertiary/aromatic N) is 2. The Kier molecular flexibility index (Phi) is 5.25. The van der Waals surface area contributed by atoms with Crippen molar-refractivity contribution in [2.24, 2.45) is 0 Å². The molecule has 4 heteroatoms. The van der Waals surface area contributed by atoms with E-state index in [0.717, 1.165) is 30.5 Å². The first-order chi connectivity index (χ1) is 9.11. The lowest BCUT2D eigenvalue weighted by molar-refractivity contribution is 0.196. The van der Waals surface area contributed by atoms with Crippen LogP contribution in [0.15, 0.2) is 22.7 Å². The van der Waals surface area contributed by atoms with Crippen LogP contribution < -0.4 is 4.90 Å². The standard InChI is InChI=1S/C15H23BrN2O/c1-12-10-13(16)4-5-15(12)18-8-3-7-17(2)14(11-18)6-9-19/h4-5,10,14,19H,3,6-9,11H2,1-2H3. The van der Waals surface area contributed by atoms with Crippen molar-refractivity contribution >= 4 is 21.6 Å². The van der Waals surface area contributed by atoms with Gasteiger partial charge in [0.2, 0.25) is 0 Å². The Morgan fingerprint density at radius 2 is 2.16 bits per heavy atom. The molecule has 1 aromatic carbocycles. The van der Waals surface area contributed by atoms with Crippen LogP contribution in [-0.4, -0.2) is 49.3 Å². The molecule has 3 nitrogen and oxygen atoms in total. The zero-order valence-electron chi connectivity index (χ0n) is 11.8. The third-order valence-corrected chi connectivity index (χ3v) is 4.45. The maximum Gasteiger partial charge on any atom is 0.0446 e. The maximum atomic E-state index is 9.22. The minimum absolute atomic E-state index is 0.266. The molecule has 0 aromatic heterocycles. The highest BCUT2D eigenvalue weighted by atomic mass is 79.9. The van der Waals surface area contributed by atoms with Gasteiger partial charge in [-0.1, -0.05) is 15.9 Å². The third kappa shape index (κ3) is 3.71. The zero-order chi connectivity index (χ0) is 13.8. The fourth-order valence-electron chi connectivity index (χ4n) is 2.83. The number of hydrogen-bond donors (Lipinski definition) is 1. The van der Waals surface area contributed by atoms with E-state index in [-0.39, 0.29) is 6.61 Å². The van der Waals surface area contributed by atoms with Crippen LogP contribution in [0.25, 0.3) is 0 Å². The lowest BCUT2D eigenvalue weighted by Gasteiger charge is -2.30. The van der Waals surface area contributed by atoms with Gasteiger partial charge in [0.05, 0.1) is 0 Å². The highest BCUT2D eigenvalue weighted by Crippen LogP contribution is 2.26. The molecule has 0 amide bonds. The van der Waals surface area contributed by atoms with Crippen molar-refractivity contribution in [2.45, 2.75) is 25.8 Å². The Morgan fingerprint density at radius 3 is 2.84 bits per heavy atom. The molecule has 1 heterocycles. The summed E-state index contributed by atoms with van der Waals surface area (Å²) in [5.74, 6) is 0. The van der Waals surface area contributed by atoms with Crippen molar-refractivity contribution in [3.63, 3.8) is 0 Å². The highest BCUT2D eigenvalue weighted by Gasteiger charge is 2.22. The van der Waals surface area contributed by atoms with E-state index in [2.05, 4.69) is 57.9 Å². The summed E-state index contributed by atoms with van der Waals surface area (Å²) in [6, 6.07) is 6.92.